The van der Waals surface area contributed by atoms with E-state index in [4.69, 9.17) is 27.6 Å². The average molecular weight is 559 g/mol. The first-order valence-corrected chi connectivity index (χ1v) is 12.0. The standard InChI is InChI=1S/C24H14BrCl2N3O2S/c25-17-4-1-14(2-5-17)22-8-7-19(32-22)9-16(12-28)23(31)30-24-29-13-20(33-24)10-15-3-6-18(26)11-21(15)27/h1-9,11,13H,10H2,(H,29,30,31)/b16-9+. The molecule has 0 radical (unpaired) electrons. The van der Waals surface area contributed by atoms with Gasteiger partial charge >= 0.3 is 0 Å². The Morgan fingerprint density at radius 1 is 1.18 bits per heavy atom. The second-order valence-corrected chi connectivity index (χ2v) is 9.75. The van der Waals surface area contributed by atoms with Gasteiger partial charge in [0, 0.05) is 43.7 Å². The summed E-state index contributed by atoms with van der Waals surface area (Å²) in [6, 6.07) is 18.4. The summed E-state index contributed by atoms with van der Waals surface area (Å²) in [5.74, 6) is 0.471. The normalized spacial score (nSPS) is 11.3. The van der Waals surface area contributed by atoms with Crippen LogP contribution in [0.3, 0.4) is 0 Å². The fraction of sp³-hybridized carbons (Fsp3) is 0.0417. The summed E-state index contributed by atoms with van der Waals surface area (Å²) in [5.41, 5.74) is 1.70. The zero-order chi connectivity index (χ0) is 23.4. The highest BCUT2D eigenvalue weighted by Crippen LogP contribution is 2.28. The van der Waals surface area contributed by atoms with Crippen LogP contribution in [0, 0.1) is 11.3 Å². The first-order valence-electron chi connectivity index (χ1n) is 9.59. The summed E-state index contributed by atoms with van der Waals surface area (Å²) in [7, 11) is 0. The van der Waals surface area contributed by atoms with Gasteiger partial charge in [-0.2, -0.15) is 5.26 Å². The second kappa shape index (κ2) is 10.4. The maximum atomic E-state index is 12.6. The quantitative estimate of drug-likeness (QED) is 0.195. The van der Waals surface area contributed by atoms with Crippen molar-refractivity contribution in [2.75, 3.05) is 5.32 Å². The van der Waals surface area contributed by atoms with Gasteiger partial charge in [-0.3, -0.25) is 10.1 Å². The van der Waals surface area contributed by atoms with Crippen LogP contribution in [0.5, 0.6) is 0 Å². The Morgan fingerprint density at radius 2 is 1.97 bits per heavy atom. The minimum Gasteiger partial charge on any atom is -0.457 e. The number of halogens is 3. The predicted molar refractivity (Wildman–Crippen MR) is 135 cm³/mol. The molecule has 33 heavy (non-hydrogen) atoms. The number of carbonyl (C=O) groups excluding carboxylic acids is 1. The Labute approximate surface area is 212 Å². The van der Waals surface area contributed by atoms with E-state index in [0.717, 1.165) is 20.5 Å². The molecule has 0 atom stereocenters. The molecule has 9 heteroatoms. The van der Waals surface area contributed by atoms with Crippen LogP contribution in [0.2, 0.25) is 10.0 Å². The molecule has 4 rings (SSSR count). The van der Waals surface area contributed by atoms with Crippen LogP contribution < -0.4 is 5.32 Å². The van der Waals surface area contributed by atoms with Gasteiger partial charge < -0.3 is 4.42 Å². The van der Waals surface area contributed by atoms with Gasteiger partial charge in [-0.15, -0.1) is 11.3 Å². The molecule has 0 unspecified atom stereocenters. The van der Waals surface area contributed by atoms with Crippen molar-refractivity contribution in [1.82, 2.24) is 4.98 Å². The van der Waals surface area contributed by atoms with E-state index in [1.54, 1.807) is 30.5 Å². The van der Waals surface area contributed by atoms with Crippen LogP contribution in [0.4, 0.5) is 5.13 Å². The van der Waals surface area contributed by atoms with Crippen molar-refractivity contribution in [3.05, 3.63) is 97.1 Å². The van der Waals surface area contributed by atoms with Gasteiger partial charge in [0.25, 0.3) is 5.91 Å². The topological polar surface area (TPSA) is 78.9 Å². The molecule has 0 saturated heterocycles. The molecule has 0 aliphatic rings. The Hall–Kier alpha value is -2.89. The molecule has 0 fully saturated rings. The van der Waals surface area contributed by atoms with E-state index in [9.17, 15) is 10.1 Å². The highest BCUT2D eigenvalue weighted by atomic mass is 79.9. The summed E-state index contributed by atoms with van der Waals surface area (Å²) in [6.45, 7) is 0. The maximum absolute atomic E-state index is 12.6. The molecular weight excluding hydrogens is 545 g/mol. The predicted octanol–water partition coefficient (Wildman–Crippen LogP) is 7.61. The summed E-state index contributed by atoms with van der Waals surface area (Å²) >= 11 is 16.9. The number of hydrogen-bond donors (Lipinski definition) is 1. The third kappa shape index (κ3) is 5.92. The lowest BCUT2D eigenvalue weighted by atomic mass is 10.1. The number of nitriles is 1. The number of thiazole rings is 1. The number of furan rings is 1. The van der Waals surface area contributed by atoms with Crippen LogP contribution in [-0.4, -0.2) is 10.9 Å². The largest absolute Gasteiger partial charge is 0.457 e. The number of amides is 1. The van der Waals surface area contributed by atoms with E-state index in [1.165, 1.54) is 17.4 Å². The SMILES string of the molecule is N#C/C(=C\c1ccc(-c2ccc(Br)cc2)o1)C(=O)Nc1ncc(Cc2ccc(Cl)cc2Cl)s1. The van der Waals surface area contributed by atoms with Crippen molar-refractivity contribution in [2.45, 2.75) is 6.42 Å². The molecule has 1 amide bonds. The first kappa shape index (κ1) is 23.3. The van der Waals surface area contributed by atoms with Gasteiger partial charge in [0.15, 0.2) is 5.13 Å². The van der Waals surface area contributed by atoms with Gasteiger partial charge in [-0.25, -0.2) is 4.98 Å². The third-order valence-corrected chi connectivity index (χ3v) is 6.59. The minimum atomic E-state index is -0.565. The van der Waals surface area contributed by atoms with Crippen LogP contribution >= 0.6 is 50.5 Å². The lowest BCUT2D eigenvalue weighted by Crippen LogP contribution is -2.13. The van der Waals surface area contributed by atoms with Crippen LogP contribution in [0.1, 0.15) is 16.2 Å². The second-order valence-electron chi connectivity index (χ2n) is 6.88. The maximum Gasteiger partial charge on any atom is 0.268 e. The lowest BCUT2D eigenvalue weighted by molar-refractivity contribution is -0.112. The van der Waals surface area contributed by atoms with Crippen LogP contribution in [-0.2, 0) is 11.2 Å². The fourth-order valence-corrected chi connectivity index (χ4v) is 4.53. The Morgan fingerprint density at radius 3 is 2.70 bits per heavy atom. The Balaban J connectivity index is 1.45. The summed E-state index contributed by atoms with van der Waals surface area (Å²) in [5, 5.41) is 13.7. The van der Waals surface area contributed by atoms with Gasteiger partial charge in [-0.05, 0) is 42.0 Å². The number of carbonyl (C=O) groups is 1. The molecule has 2 aromatic heterocycles. The molecule has 0 bridgehead atoms. The molecule has 2 heterocycles. The molecule has 0 aliphatic carbocycles. The number of anilines is 1. The van der Waals surface area contributed by atoms with E-state index in [1.807, 2.05) is 36.4 Å². The van der Waals surface area contributed by atoms with Crippen molar-refractivity contribution in [2.24, 2.45) is 0 Å². The molecule has 1 N–H and O–H groups in total. The molecule has 164 valence electrons. The van der Waals surface area contributed by atoms with Gasteiger partial charge in [0.1, 0.15) is 23.2 Å². The van der Waals surface area contributed by atoms with Gasteiger partial charge in [0.05, 0.1) is 0 Å². The Kier molecular flexibility index (Phi) is 7.31. The molecule has 4 aromatic rings. The van der Waals surface area contributed by atoms with E-state index in [2.05, 4.69) is 26.2 Å². The van der Waals surface area contributed by atoms with Crippen molar-refractivity contribution in [3.8, 4) is 17.4 Å². The summed E-state index contributed by atoms with van der Waals surface area (Å²) < 4.78 is 6.74. The number of hydrogen-bond acceptors (Lipinski definition) is 5. The van der Waals surface area contributed by atoms with Gasteiger partial charge in [-0.1, -0.05) is 57.3 Å². The highest BCUT2D eigenvalue weighted by Gasteiger charge is 2.14. The number of nitrogens with one attached hydrogen (secondary N) is 1. The zero-order valence-electron chi connectivity index (χ0n) is 16.8. The van der Waals surface area contributed by atoms with Crippen molar-refractivity contribution < 1.29 is 9.21 Å². The smallest absolute Gasteiger partial charge is 0.268 e. The number of nitrogens with zero attached hydrogens (tertiary/aromatic N) is 2. The Bertz CT molecular complexity index is 1390. The number of rotatable bonds is 6. The van der Waals surface area contributed by atoms with Crippen LogP contribution in [0.15, 0.2) is 75.3 Å². The average Bonchev–Trinajstić information content (AvgIpc) is 3.44. The highest BCUT2D eigenvalue weighted by molar-refractivity contribution is 9.10. The number of aromatic nitrogens is 1. The van der Waals surface area contributed by atoms with Gasteiger partial charge in [0.2, 0.25) is 0 Å². The van der Waals surface area contributed by atoms with Crippen molar-refractivity contribution in [1.29, 1.82) is 5.26 Å². The van der Waals surface area contributed by atoms with E-state index >= 15 is 0 Å². The number of benzene rings is 2. The molecule has 0 aliphatic heterocycles. The summed E-state index contributed by atoms with van der Waals surface area (Å²) in [4.78, 5) is 17.7. The molecular formula is C24H14BrCl2N3O2S. The molecule has 2 aromatic carbocycles. The molecule has 0 saturated carbocycles. The minimum absolute atomic E-state index is 0.0933. The fourth-order valence-electron chi connectivity index (χ4n) is 2.95. The first-order chi connectivity index (χ1) is 15.9. The van der Waals surface area contributed by atoms with E-state index in [0.29, 0.717) is 33.1 Å². The van der Waals surface area contributed by atoms with E-state index < -0.39 is 5.91 Å². The third-order valence-electron chi connectivity index (χ3n) is 4.56. The van der Waals surface area contributed by atoms with E-state index in [-0.39, 0.29) is 5.57 Å². The zero-order valence-corrected chi connectivity index (χ0v) is 20.7. The molecule has 5 nitrogen and oxygen atoms in total. The van der Waals surface area contributed by atoms with Crippen molar-refractivity contribution >= 4 is 67.6 Å². The van der Waals surface area contributed by atoms with Crippen LogP contribution in [0.25, 0.3) is 17.4 Å². The monoisotopic (exact) mass is 557 g/mol. The van der Waals surface area contributed by atoms with Crippen molar-refractivity contribution in [3.63, 3.8) is 0 Å². The summed E-state index contributed by atoms with van der Waals surface area (Å²) in [6.07, 6.45) is 3.62. The molecule has 0 spiro atoms. The lowest BCUT2D eigenvalue weighted by Gasteiger charge is -2.02.